The molecule has 0 amide bonds. The van der Waals surface area contributed by atoms with E-state index in [0.29, 0.717) is 18.9 Å². The van der Waals surface area contributed by atoms with Crippen molar-refractivity contribution in [2.75, 3.05) is 13.6 Å². The average Bonchev–Trinajstić information content (AvgIpc) is 2.24. The molecule has 0 aromatic heterocycles. The van der Waals surface area contributed by atoms with Crippen molar-refractivity contribution >= 4 is 0 Å². The molecule has 0 aromatic carbocycles. The van der Waals surface area contributed by atoms with E-state index in [2.05, 4.69) is 11.9 Å². The fourth-order valence-electron chi connectivity index (χ4n) is 3.22. The number of hydrogen-bond donors (Lipinski definition) is 1. The highest BCUT2D eigenvalue weighted by Gasteiger charge is 2.46. The molecule has 1 saturated carbocycles. The molecule has 1 atom stereocenters. The molecule has 2 rings (SSSR count). The highest BCUT2D eigenvalue weighted by Crippen LogP contribution is 2.41. The Morgan fingerprint density at radius 2 is 1.75 bits per heavy atom. The van der Waals surface area contributed by atoms with Crippen LogP contribution < -0.4 is 5.73 Å². The molecular formula is C12H22F2N2. The summed E-state index contributed by atoms with van der Waals surface area (Å²) < 4.78 is 26.3. The van der Waals surface area contributed by atoms with Gasteiger partial charge in [0.05, 0.1) is 0 Å². The summed E-state index contributed by atoms with van der Waals surface area (Å²) in [5.41, 5.74) is 5.99. The van der Waals surface area contributed by atoms with Gasteiger partial charge in [-0.05, 0) is 39.3 Å². The first-order valence-corrected chi connectivity index (χ1v) is 6.30. The van der Waals surface area contributed by atoms with Crippen molar-refractivity contribution in [1.29, 1.82) is 0 Å². The minimum atomic E-state index is -2.48. The Morgan fingerprint density at radius 1 is 1.12 bits per heavy atom. The van der Waals surface area contributed by atoms with Crippen LogP contribution in [0.25, 0.3) is 0 Å². The normalized spacial score (nSPS) is 34.9. The highest BCUT2D eigenvalue weighted by atomic mass is 19.3. The van der Waals surface area contributed by atoms with Crippen LogP contribution in [0, 0.1) is 0 Å². The van der Waals surface area contributed by atoms with Crippen LogP contribution >= 0.6 is 0 Å². The average molecular weight is 232 g/mol. The number of nitrogens with two attached hydrogens (primary N) is 1. The van der Waals surface area contributed by atoms with Crippen molar-refractivity contribution in [2.24, 2.45) is 5.73 Å². The lowest BCUT2D eigenvalue weighted by molar-refractivity contribution is -0.0650. The summed E-state index contributed by atoms with van der Waals surface area (Å²) in [6.45, 7) is 1.06. The van der Waals surface area contributed by atoms with Gasteiger partial charge in [0.15, 0.2) is 0 Å². The molecule has 2 fully saturated rings. The van der Waals surface area contributed by atoms with Crippen LogP contribution in [0.1, 0.15) is 44.9 Å². The fourth-order valence-corrected chi connectivity index (χ4v) is 3.22. The maximum absolute atomic E-state index is 13.1. The van der Waals surface area contributed by atoms with Crippen LogP contribution in [0.5, 0.6) is 0 Å². The number of likely N-dealkylation sites (N-methyl/N-ethyl adjacent to an activating group) is 1. The quantitative estimate of drug-likeness (QED) is 0.752. The van der Waals surface area contributed by atoms with Gasteiger partial charge in [0.25, 0.3) is 0 Å². The van der Waals surface area contributed by atoms with Crippen LogP contribution in [-0.2, 0) is 0 Å². The van der Waals surface area contributed by atoms with Gasteiger partial charge in [0.2, 0.25) is 5.92 Å². The number of hydrogen-bond acceptors (Lipinski definition) is 2. The molecule has 16 heavy (non-hydrogen) atoms. The largest absolute Gasteiger partial charge is 0.324 e. The van der Waals surface area contributed by atoms with Gasteiger partial charge in [-0.1, -0.05) is 6.42 Å². The Balaban J connectivity index is 2.02. The lowest BCUT2D eigenvalue weighted by Crippen LogP contribution is -2.61. The van der Waals surface area contributed by atoms with Crippen molar-refractivity contribution in [2.45, 2.75) is 62.4 Å². The Labute approximate surface area is 96.2 Å². The van der Waals surface area contributed by atoms with Crippen molar-refractivity contribution in [3.05, 3.63) is 0 Å². The number of rotatable bonds is 1. The predicted molar refractivity (Wildman–Crippen MR) is 60.6 cm³/mol. The topological polar surface area (TPSA) is 29.3 Å². The van der Waals surface area contributed by atoms with Crippen LogP contribution in [0.15, 0.2) is 0 Å². The third-order valence-corrected chi connectivity index (χ3v) is 4.35. The number of piperidine rings is 1. The molecule has 0 aromatic rings. The molecule has 1 heterocycles. The van der Waals surface area contributed by atoms with Gasteiger partial charge in [-0.2, -0.15) is 0 Å². The smallest absolute Gasteiger partial charge is 0.248 e. The van der Waals surface area contributed by atoms with E-state index in [1.54, 1.807) is 0 Å². The number of alkyl halides is 2. The zero-order valence-corrected chi connectivity index (χ0v) is 10.0. The van der Waals surface area contributed by atoms with Gasteiger partial charge < -0.3 is 10.6 Å². The molecule has 2 N–H and O–H groups in total. The zero-order chi connectivity index (χ0) is 11.8. The third-order valence-electron chi connectivity index (χ3n) is 4.35. The second-order valence-corrected chi connectivity index (χ2v) is 5.58. The van der Waals surface area contributed by atoms with E-state index in [9.17, 15) is 8.78 Å². The van der Waals surface area contributed by atoms with Crippen LogP contribution in [-0.4, -0.2) is 36.0 Å². The van der Waals surface area contributed by atoms with Crippen LogP contribution in [0.2, 0.25) is 0 Å². The van der Waals surface area contributed by atoms with Crippen LogP contribution in [0.3, 0.4) is 0 Å². The van der Waals surface area contributed by atoms with Crippen molar-refractivity contribution in [3.63, 3.8) is 0 Å². The Kier molecular flexibility index (Phi) is 3.23. The van der Waals surface area contributed by atoms with E-state index in [-0.39, 0.29) is 18.4 Å². The summed E-state index contributed by atoms with van der Waals surface area (Å²) in [5, 5.41) is 0. The molecule has 0 radical (unpaired) electrons. The van der Waals surface area contributed by atoms with E-state index >= 15 is 0 Å². The van der Waals surface area contributed by atoms with Crippen molar-refractivity contribution in [3.8, 4) is 0 Å². The lowest BCUT2D eigenvalue weighted by atomic mass is 9.73. The van der Waals surface area contributed by atoms with Gasteiger partial charge in [0, 0.05) is 24.4 Å². The standard InChI is InChI=1S/C12H22F2N2/c1-16-9-3-2-4-10(16)11(15)5-7-12(13,14)8-6-11/h10H,2-9,15H2,1H3. The minimum Gasteiger partial charge on any atom is -0.324 e. The summed E-state index contributed by atoms with van der Waals surface area (Å²) in [4.78, 5) is 2.27. The van der Waals surface area contributed by atoms with E-state index < -0.39 is 5.92 Å². The molecule has 1 aliphatic carbocycles. The Morgan fingerprint density at radius 3 is 2.31 bits per heavy atom. The second kappa shape index (κ2) is 4.22. The van der Waals surface area contributed by atoms with E-state index in [1.165, 1.54) is 12.8 Å². The van der Waals surface area contributed by atoms with E-state index in [1.807, 2.05) is 0 Å². The maximum Gasteiger partial charge on any atom is 0.248 e. The molecule has 1 unspecified atom stereocenters. The second-order valence-electron chi connectivity index (χ2n) is 5.58. The van der Waals surface area contributed by atoms with Gasteiger partial charge >= 0.3 is 0 Å². The minimum absolute atomic E-state index is 0.0339. The highest BCUT2D eigenvalue weighted by molar-refractivity contribution is 5.02. The summed E-state index contributed by atoms with van der Waals surface area (Å²) >= 11 is 0. The number of nitrogens with zero attached hydrogens (tertiary/aromatic N) is 1. The summed E-state index contributed by atoms with van der Waals surface area (Å²) in [7, 11) is 2.07. The van der Waals surface area contributed by atoms with Crippen molar-refractivity contribution < 1.29 is 8.78 Å². The molecule has 4 heteroatoms. The first-order valence-electron chi connectivity index (χ1n) is 6.30. The van der Waals surface area contributed by atoms with Crippen LogP contribution in [0.4, 0.5) is 8.78 Å². The van der Waals surface area contributed by atoms with Gasteiger partial charge in [-0.3, -0.25) is 0 Å². The van der Waals surface area contributed by atoms with E-state index in [4.69, 9.17) is 5.73 Å². The third kappa shape index (κ3) is 2.38. The first kappa shape index (κ1) is 12.2. The predicted octanol–water partition coefficient (Wildman–Crippen LogP) is 2.38. The fraction of sp³-hybridized carbons (Fsp3) is 1.00. The molecule has 0 bridgehead atoms. The SMILES string of the molecule is CN1CCCCC1C1(N)CCC(F)(F)CC1. The van der Waals surface area contributed by atoms with Crippen molar-refractivity contribution in [1.82, 2.24) is 4.90 Å². The maximum atomic E-state index is 13.1. The molecule has 1 aliphatic heterocycles. The Hall–Kier alpha value is -0.220. The van der Waals surface area contributed by atoms with Gasteiger partial charge in [-0.15, -0.1) is 0 Å². The summed E-state index contributed by atoms with van der Waals surface area (Å²) in [6.07, 6.45) is 4.33. The molecule has 2 aliphatic rings. The summed E-state index contributed by atoms with van der Waals surface area (Å²) in [5.74, 6) is -2.48. The Bertz CT molecular complexity index is 245. The number of likely N-dealkylation sites (tertiary alicyclic amines) is 1. The zero-order valence-electron chi connectivity index (χ0n) is 10.0. The molecule has 94 valence electrons. The molecule has 2 nitrogen and oxygen atoms in total. The molecule has 1 saturated heterocycles. The first-order chi connectivity index (χ1) is 7.43. The van der Waals surface area contributed by atoms with Gasteiger partial charge in [-0.25, -0.2) is 8.78 Å². The number of halogens is 2. The summed E-state index contributed by atoms with van der Waals surface area (Å²) in [6, 6.07) is 0.303. The molecular weight excluding hydrogens is 210 g/mol. The molecule has 0 spiro atoms. The van der Waals surface area contributed by atoms with E-state index in [0.717, 1.165) is 13.0 Å². The van der Waals surface area contributed by atoms with Gasteiger partial charge in [0.1, 0.15) is 0 Å². The monoisotopic (exact) mass is 232 g/mol. The lowest BCUT2D eigenvalue weighted by Gasteiger charge is -2.48.